The molecule has 2 aromatic carbocycles. The monoisotopic (exact) mass is 494 g/mol. The summed E-state index contributed by atoms with van der Waals surface area (Å²) in [7, 11) is -3.07. The van der Waals surface area contributed by atoms with E-state index >= 15 is 0 Å². The van der Waals surface area contributed by atoms with Crippen molar-refractivity contribution in [2.75, 3.05) is 18.5 Å². The van der Waals surface area contributed by atoms with Gasteiger partial charge in [0.15, 0.2) is 5.76 Å². The van der Waals surface area contributed by atoms with Crippen molar-refractivity contribution in [1.29, 1.82) is 0 Å². The Hall–Kier alpha value is -2.15. The van der Waals surface area contributed by atoms with Gasteiger partial charge in [0.05, 0.1) is 25.6 Å². The van der Waals surface area contributed by atoms with Crippen LogP contribution in [0.25, 0.3) is 11.3 Å². The standard InChI is InChI=1S/C22H21Cl2N2O5P/c23-18-10-17(11-19(24)12-18)22-16(13-25-31-22)4-7-21(27)26-20-5-2-15(3-6-20)14-32(28)29-8-1-9-30-32/h2-3,5-6,10-13H,1,4,7-9,14H2,(H,26,27). The zero-order valence-corrected chi connectivity index (χ0v) is 19.5. The van der Waals surface area contributed by atoms with Crippen LogP contribution >= 0.6 is 30.8 Å². The molecule has 3 aromatic rings. The molecule has 168 valence electrons. The van der Waals surface area contributed by atoms with Crippen molar-refractivity contribution in [2.24, 2.45) is 0 Å². The number of aryl methyl sites for hydroxylation is 1. The molecular formula is C22H21Cl2N2O5P. The van der Waals surface area contributed by atoms with Crippen molar-refractivity contribution in [3.63, 3.8) is 0 Å². The molecule has 0 aliphatic carbocycles. The smallest absolute Gasteiger partial charge is 0.335 e. The Bertz CT molecular complexity index is 1120. The highest BCUT2D eigenvalue weighted by molar-refractivity contribution is 7.53. The summed E-state index contributed by atoms with van der Waals surface area (Å²) in [5, 5.41) is 7.68. The van der Waals surface area contributed by atoms with E-state index in [9.17, 15) is 9.36 Å². The topological polar surface area (TPSA) is 90.7 Å². The van der Waals surface area contributed by atoms with Crippen LogP contribution in [0, 0.1) is 0 Å². The Balaban J connectivity index is 1.33. The highest BCUT2D eigenvalue weighted by Crippen LogP contribution is 2.53. The molecule has 1 fully saturated rings. The number of anilines is 1. The van der Waals surface area contributed by atoms with E-state index in [1.807, 2.05) is 0 Å². The van der Waals surface area contributed by atoms with Crippen LogP contribution < -0.4 is 5.32 Å². The molecule has 1 aromatic heterocycles. The maximum absolute atomic E-state index is 12.5. The van der Waals surface area contributed by atoms with Crippen molar-refractivity contribution in [3.8, 4) is 11.3 Å². The van der Waals surface area contributed by atoms with Gasteiger partial charge in [-0.25, -0.2) is 0 Å². The number of carbonyl (C=O) groups is 1. The van der Waals surface area contributed by atoms with Gasteiger partial charge in [-0.05, 0) is 48.7 Å². The van der Waals surface area contributed by atoms with Crippen molar-refractivity contribution in [3.05, 3.63) is 69.8 Å². The van der Waals surface area contributed by atoms with Gasteiger partial charge in [-0.1, -0.05) is 40.5 Å². The van der Waals surface area contributed by atoms with Crippen LogP contribution in [0.1, 0.15) is 24.0 Å². The van der Waals surface area contributed by atoms with Crippen molar-refractivity contribution in [1.82, 2.24) is 5.16 Å². The molecule has 7 nitrogen and oxygen atoms in total. The highest BCUT2D eigenvalue weighted by Gasteiger charge is 2.28. The van der Waals surface area contributed by atoms with E-state index in [-0.39, 0.29) is 18.5 Å². The summed E-state index contributed by atoms with van der Waals surface area (Å²) in [6.45, 7) is 0.896. The first-order valence-corrected chi connectivity index (χ1v) is 12.6. The average molecular weight is 495 g/mol. The zero-order valence-electron chi connectivity index (χ0n) is 17.1. The van der Waals surface area contributed by atoms with Gasteiger partial charge in [-0.15, -0.1) is 0 Å². The zero-order chi connectivity index (χ0) is 22.6. The molecule has 0 spiro atoms. The number of halogens is 2. The summed E-state index contributed by atoms with van der Waals surface area (Å²) in [4.78, 5) is 12.4. The molecule has 0 atom stereocenters. The molecular weight excluding hydrogens is 474 g/mol. The number of nitrogens with zero attached hydrogens (tertiary/aromatic N) is 1. The normalized spacial score (nSPS) is 15.4. The first-order chi connectivity index (χ1) is 15.4. The van der Waals surface area contributed by atoms with E-state index in [4.69, 9.17) is 36.8 Å². The molecule has 1 N–H and O–H groups in total. The second kappa shape index (κ2) is 10.2. The van der Waals surface area contributed by atoms with Gasteiger partial charge in [-0.3, -0.25) is 9.36 Å². The molecule has 1 aliphatic rings. The average Bonchev–Trinajstić information content (AvgIpc) is 3.22. The third-order valence-electron chi connectivity index (χ3n) is 4.87. The fraction of sp³-hybridized carbons (Fsp3) is 0.273. The highest BCUT2D eigenvalue weighted by atomic mass is 35.5. The number of hydrogen-bond acceptors (Lipinski definition) is 6. The molecule has 0 radical (unpaired) electrons. The largest absolute Gasteiger partial charge is 0.356 e. The van der Waals surface area contributed by atoms with Gasteiger partial charge in [0, 0.05) is 33.3 Å². The Morgan fingerprint density at radius 1 is 1.06 bits per heavy atom. The Morgan fingerprint density at radius 3 is 2.44 bits per heavy atom. The minimum atomic E-state index is -3.07. The van der Waals surface area contributed by atoms with Gasteiger partial charge in [-0.2, -0.15) is 0 Å². The van der Waals surface area contributed by atoms with E-state index in [0.717, 1.165) is 17.5 Å². The third-order valence-corrected chi connectivity index (χ3v) is 7.21. The second-order valence-electron chi connectivity index (χ2n) is 7.37. The number of rotatable bonds is 7. The van der Waals surface area contributed by atoms with Gasteiger partial charge >= 0.3 is 7.60 Å². The molecule has 10 heteroatoms. The minimum absolute atomic E-state index is 0.152. The van der Waals surface area contributed by atoms with Gasteiger partial charge in [0.1, 0.15) is 0 Å². The fourth-order valence-corrected chi connectivity index (χ4v) is 5.60. The Labute approximate surface area is 195 Å². The molecule has 2 heterocycles. The summed E-state index contributed by atoms with van der Waals surface area (Å²) in [5.74, 6) is 0.384. The number of carbonyl (C=O) groups excluding carboxylic acids is 1. The lowest BCUT2D eigenvalue weighted by molar-refractivity contribution is -0.116. The number of amides is 1. The van der Waals surface area contributed by atoms with E-state index < -0.39 is 7.60 Å². The third kappa shape index (κ3) is 6.00. The number of nitrogens with one attached hydrogen (secondary N) is 1. The van der Waals surface area contributed by atoms with Crippen LogP contribution in [0.5, 0.6) is 0 Å². The Morgan fingerprint density at radius 2 is 1.75 bits per heavy atom. The Kier molecular flexibility index (Phi) is 7.33. The van der Waals surface area contributed by atoms with E-state index in [1.54, 1.807) is 48.7 Å². The van der Waals surface area contributed by atoms with Gasteiger partial charge < -0.3 is 18.9 Å². The van der Waals surface area contributed by atoms with Crippen LogP contribution in [0.2, 0.25) is 10.0 Å². The van der Waals surface area contributed by atoms with Crippen LogP contribution in [0.15, 0.2) is 53.2 Å². The molecule has 4 rings (SSSR count). The predicted molar refractivity (Wildman–Crippen MR) is 123 cm³/mol. The van der Waals surface area contributed by atoms with Crippen molar-refractivity contribution in [2.45, 2.75) is 25.4 Å². The van der Waals surface area contributed by atoms with Crippen LogP contribution in [0.3, 0.4) is 0 Å². The summed E-state index contributed by atoms with van der Waals surface area (Å²) in [5.41, 5.74) is 2.96. The maximum atomic E-state index is 12.5. The van der Waals surface area contributed by atoms with Crippen LogP contribution in [-0.2, 0) is 31.0 Å². The maximum Gasteiger partial charge on any atom is 0.335 e. The second-order valence-corrected chi connectivity index (χ2v) is 10.3. The summed E-state index contributed by atoms with van der Waals surface area (Å²) in [6.07, 6.45) is 3.22. The number of hydrogen-bond donors (Lipinski definition) is 1. The van der Waals surface area contributed by atoms with E-state index in [0.29, 0.717) is 46.7 Å². The number of benzene rings is 2. The van der Waals surface area contributed by atoms with E-state index in [1.165, 1.54) is 0 Å². The first-order valence-electron chi connectivity index (χ1n) is 10.1. The van der Waals surface area contributed by atoms with Crippen molar-refractivity contribution >= 4 is 42.4 Å². The molecule has 0 bridgehead atoms. The lowest BCUT2D eigenvalue weighted by atomic mass is 10.1. The van der Waals surface area contributed by atoms with Crippen LogP contribution in [0.4, 0.5) is 5.69 Å². The SMILES string of the molecule is O=C(CCc1cnoc1-c1cc(Cl)cc(Cl)c1)Nc1ccc(CP2(=O)OCCCO2)cc1. The quantitative estimate of drug-likeness (QED) is 0.384. The minimum Gasteiger partial charge on any atom is -0.356 e. The first kappa shape index (κ1) is 23.0. The van der Waals surface area contributed by atoms with E-state index in [2.05, 4.69) is 10.5 Å². The van der Waals surface area contributed by atoms with Gasteiger partial charge in [0.2, 0.25) is 5.91 Å². The molecule has 0 saturated carbocycles. The summed E-state index contributed by atoms with van der Waals surface area (Å²) in [6, 6.07) is 12.2. The van der Waals surface area contributed by atoms with Crippen molar-refractivity contribution < 1.29 is 22.9 Å². The predicted octanol–water partition coefficient (Wildman–Crippen LogP) is 6.35. The molecule has 1 saturated heterocycles. The summed E-state index contributed by atoms with van der Waals surface area (Å²) >= 11 is 12.1. The lowest BCUT2D eigenvalue weighted by Gasteiger charge is -2.22. The van der Waals surface area contributed by atoms with Crippen LogP contribution in [-0.4, -0.2) is 24.3 Å². The molecule has 0 unspecified atom stereocenters. The number of aromatic nitrogens is 1. The fourth-order valence-electron chi connectivity index (χ4n) is 3.34. The molecule has 1 aliphatic heterocycles. The van der Waals surface area contributed by atoms with Gasteiger partial charge in [0.25, 0.3) is 0 Å². The molecule has 32 heavy (non-hydrogen) atoms. The summed E-state index contributed by atoms with van der Waals surface area (Å²) < 4.78 is 28.5. The molecule has 1 amide bonds. The lowest BCUT2D eigenvalue weighted by Crippen LogP contribution is -2.12.